The normalized spacial score (nSPS) is 10.6. The Kier molecular flexibility index (Phi) is 6.13. The number of halogens is 1. The lowest BCUT2D eigenvalue weighted by atomic mass is 10.1. The number of nitrogens with one attached hydrogen (secondary N) is 1. The molecule has 0 aliphatic heterocycles. The first-order valence-corrected chi connectivity index (χ1v) is 10.1. The molecule has 0 saturated carbocycles. The van der Waals surface area contributed by atoms with E-state index in [2.05, 4.69) is 5.32 Å². The Morgan fingerprint density at radius 3 is 2.52 bits per heavy atom. The van der Waals surface area contributed by atoms with Gasteiger partial charge in [-0.15, -0.1) is 0 Å². The molecule has 4 aromatic rings. The van der Waals surface area contributed by atoms with Crippen LogP contribution in [0.4, 0.5) is 10.1 Å². The number of anilines is 1. The number of fused-ring (bicyclic) bond motifs is 1. The zero-order chi connectivity index (χ0) is 21.6. The summed E-state index contributed by atoms with van der Waals surface area (Å²) in [5, 5.41) is 4.82. The second kappa shape index (κ2) is 9.30. The highest BCUT2D eigenvalue weighted by atomic mass is 19.1. The third kappa shape index (κ3) is 4.83. The van der Waals surface area contributed by atoms with Crippen LogP contribution in [0.1, 0.15) is 22.8 Å². The summed E-state index contributed by atoms with van der Waals surface area (Å²) >= 11 is 0. The Bertz CT molecular complexity index is 1220. The fraction of sp³-hybridized carbons (Fsp3) is 0.115. The van der Waals surface area contributed by atoms with Crippen LogP contribution in [0.5, 0.6) is 11.5 Å². The highest BCUT2D eigenvalue weighted by molar-refractivity contribution is 6.04. The summed E-state index contributed by atoms with van der Waals surface area (Å²) in [4.78, 5) is 12.7. The minimum atomic E-state index is -0.409. The predicted molar refractivity (Wildman–Crippen MR) is 120 cm³/mol. The molecule has 0 atom stereocenters. The maximum atomic E-state index is 13.4. The molecule has 0 heterocycles. The molecule has 4 aromatic carbocycles. The van der Waals surface area contributed by atoms with Crippen molar-refractivity contribution in [3.8, 4) is 11.5 Å². The topological polar surface area (TPSA) is 47.6 Å². The third-order valence-electron chi connectivity index (χ3n) is 4.84. The van der Waals surface area contributed by atoms with Crippen LogP contribution < -0.4 is 14.8 Å². The maximum absolute atomic E-state index is 13.4. The zero-order valence-electron chi connectivity index (χ0n) is 17.1. The summed E-state index contributed by atoms with van der Waals surface area (Å²) in [7, 11) is 0. The molecule has 0 aliphatic rings. The first kappa shape index (κ1) is 20.4. The highest BCUT2D eigenvalue weighted by Crippen LogP contribution is 2.28. The molecular formula is C26H22FNO3. The van der Waals surface area contributed by atoms with Crippen molar-refractivity contribution in [3.63, 3.8) is 0 Å². The Hall–Kier alpha value is -3.86. The molecule has 4 rings (SSSR count). The van der Waals surface area contributed by atoms with Crippen molar-refractivity contribution in [3.05, 3.63) is 102 Å². The molecular weight excluding hydrogens is 393 g/mol. The van der Waals surface area contributed by atoms with Crippen LogP contribution in [0, 0.1) is 5.82 Å². The summed E-state index contributed by atoms with van der Waals surface area (Å²) in [5.41, 5.74) is 1.58. The summed E-state index contributed by atoms with van der Waals surface area (Å²) in [5.74, 6) is 0.675. The van der Waals surface area contributed by atoms with Gasteiger partial charge in [0.1, 0.15) is 23.9 Å². The molecule has 4 nitrogen and oxygen atoms in total. The lowest BCUT2D eigenvalue weighted by molar-refractivity contribution is 0.102. The lowest BCUT2D eigenvalue weighted by Gasteiger charge is -2.14. The lowest BCUT2D eigenvalue weighted by Crippen LogP contribution is -2.13. The van der Waals surface area contributed by atoms with E-state index in [0.29, 0.717) is 23.6 Å². The largest absolute Gasteiger partial charge is 0.493 e. The number of amides is 1. The van der Waals surface area contributed by atoms with Crippen LogP contribution in [0.3, 0.4) is 0 Å². The van der Waals surface area contributed by atoms with Gasteiger partial charge in [-0.25, -0.2) is 4.39 Å². The average Bonchev–Trinajstić information content (AvgIpc) is 2.78. The van der Waals surface area contributed by atoms with Gasteiger partial charge in [0.05, 0.1) is 6.61 Å². The van der Waals surface area contributed by atoms with Crippen molar-refractivity contribution < 1.29 is 18.7 Å². The number of hydrogen-bond donors (Lipinski definition) is 1. The summed E-state index contributed by atoms with van der Waals surface area (Å²) < 4.78 is 25.2. The van der Waals surface area contributed by atoms with Crippen molar-refractivity contribution in [1.82, 2.24) is 0 Å². The quantitative estimate of drug-likeness (QED) is 0.390. The molecule has 0 aliphatic carbocycles. The van der Waals surface area contributed by atoms with Gasteiger partial charge in [-0.3, -0.25) is 4.79 Å². The minimum Gasteiger partial charge on any atom is -0.493 e. The van der Waals surface area contributed by atoms with E-state index in [9.17, 15) is 9.18 Å². The minimum absolute atomic E-state index is 0.241. The second-order valence-electron chi connectivity index (χ2n) is 6.99. The van der Waals surface area contributed by atoms with Crippen molar-refractivity contribution in [2.75, 3.05) is 11.9 Å². The number of hydrogen-bond acceptors (Lipinski definition) is 3. The number of benzene rings is 4. The summed E-state index contributed by atoms with van der Waals surface area (Å²) in [6.07, 6.45) is 0. The van der Waals surface area contributed by atoms with E-state index in [0.717, 1.165) is 22.1 Å². The SMILES string of the molecule is CCOc1ccc(C(=O)Nc2cccc(F)c2)cc1COc1cccc2ccccc12. The molecule has 0 fully saturated rings. The summed E-state index contributed by atoms with van der Waals surface area (Å²) in [6, 6.07) is 24.9. The fourth-order valence-electron chi connectivity index (χ4n) is 3.38. The number of carbonyl (C=O) groups is 1. The molecule has 5 heteroatoms. The molecule has 0 bridgehead atoms. The average molecular weight is 415 g/mol. The molecule has 0 unspecified atom stereocenters. The molecule has 156 valence electrons. The highest BCUT2D eigenvalue weighted by Gasteiger charge is 2.13. The van der Waals surface area contributed by atoms with Crippen LogP contribution >= 0.6 is 0 Å². The first-order chi connectivity index (χ1) is 15.1. The van der Waals surface area contributed by atoms with Crippen LogP contribution in [0.2, 0.25) is 0 Å². The smallest absolute Gasteiger partial charge is 0.255 e. The Labute approximate surface area is 180 Å². The zero-order valence-corrected chi connectivity index (χ0v) is 17.1. The molecule has 0 radical (unpaired) electrons. The van der Waals surface area contributed by atoms with E-state index < -0.39 is 5.82 Å². The van der Waals surface area contributed by atoms with Crippen molar-refractivity contribution in [1.29, 1.82) is 0 Å². The van der Waals surface area contributed by atoms with E-state index in [1.165, 1.54) is 12.1 Å². The van der Waals surface area contributed by atoms with Gasteiger partial charge in [0.2, 0.25) is 0 Å². The number of carbonyl (C=O) groups excluding carboxylic acids is 1. The molecule has 0 saturated heterocycles. The monoisotopic (exact) mass is 415 g/mol. The van der Waals surface area contributed by atoms with Crippen molar-refractivity contribution in [2.24, 2.45) is 0 Å². The van der Waals surface area contributed by atoms with Gasteiger partial charge >= 0.3 is 0 Å². The molecule has 1 N–H and O–H groups in total. The van der Waals surface area contributed by atoms with E-state index >= 15 is 0 Å². The fourth-order valence-corrected chi connectivity index (χ4v) is 3.38. The van der Waals surface area contributed by atoms with Crippen molar-refractivity contribution in [2.45, 2.75) is 13.5 Å². The Morgan fingerprint density at radius 1 is 0.871 bits per heavy atom. The standard InChI is InChI=1S/C26H22FNO3/c1-2-30-24-14-13-19(26(29)28-22-10-6-9-21(27)16-22)15-20(24)17-31-25-12-5-8-18-7-3-4-11-23(18)25/h3-16H,2,17H2,1H3,(H,28,29). The number of rotatable bonds is 7. The van der Waals surface area contributed by atoms with Crippen LogP contribution in [-0.4, -0.2) is 12.5 Å². The maximum Gasteiger partial charge on any atom is 0.255 e. The Morgan fingerprint density at radius 2 is 1.68 bits per heavy atom. The first-order valence-electron chi connectivity index (χ1n) is 10.1. The van der Waals surface area contributed by atoms with Gasteiger partial charge in [0.25, 0.3) is 5.91 Å². The van der Waals surface area contributed by atoms with E-state index in [1.54, 1.807) is 30.3 Å². The van der Waals surface area contributed by atoms with E-state index in [4.69, 9.17) is 9.47 Å². The number of ether oxygens (including phenoxy) is 2. The molecule has 0 spiro atoms. The van der Waals surface area contributed by atoms with Gasteiger partial charge in [-0.2, -0.15) is 0 Å². The van der Waals surface area contributed by atoms with Crippen LogP contribution in [0.15, 0.2) is 84.9 Å². The predicted octanol–water partition coefficient (Wildman–Crippen LogP) is 6.21. The van der Waals surface area contributed by atoms with Gasteiger partial charge in [0.15, 0.2) is 0 Å². The van der Waals surface area contributed by atoms with E-state index in [-0.39, 0.29) is 12.5 Å². The molecule has 0 aromatic heterocycles. The van der Waals surface area contributed by atoms with Gasteiger partial charge in [0, 0.05) is 22.2 Å². The van der Waals surface area contributed by atoms with Crippen LogP contribution in [0.25, 0.3) is 10.8 Å². The van der Waals surface area contributed by atoms with E-state index in [1.807, 2.05) is 49.4 Å². The van der Waals surface area contributed by atoms with Gasteiger partial charge in [-0.05, 0) is 54.8 Å². The second-order valence-corrected chi connectivity index (χ2v) is 6.99. The van der Waals surface area contributed by atoms with Crippen LogP contribution in [-0.2, 0) is 6.61 Å². The van der Waals surface area contributed by atoms with Crippen molar-refractivity contribution >= 4 is 22.4 Å². The van der Waals surface area contributed by atoms with Gasteiger partial charge in [-0.1, -0.05) is 42.5 Å². The Balaban J connectivity index is 1.57. The van der Waals surface area contributed by atoms with Gasteiger partial charge < -0.3 is 14.8 Å². The molecule has 1 amide bonds. The third-order valence-corrected chi connectivity index (χ3v) is 4.84. The summed E-state index contributed by atoms with van der Waals surface area (Å²) in [6.45, 7) is 2.64. The molecule has 31 heavy (non-hydrogen) atoms.